The van der Waals surface area contributed by atoms with E-state index in [2.05, 4.69) is 13.8 Å². The number of fused-ring (bicyclic) bond motifs is 1. The minimum Gasteiger partial charge on any atom is -0.369 e. The fourth-order valence-electron chi connectivity index (χ4n) is 2.41. The first-order chi connectivity index (χ1) is 6.66. The Kier molecular flexibility index (Phi) is 2.91. The lowest BCUT2D eigenvalue weighted by Crippen LogP contribution is -2.11. The normalized spacial score (nSPS) is 34.6. The molecule has 0 aromatic carbocycles. The molecule has 0 bridgehead atoms. The second kappa shape index (κ2) is 4.01. The first-order valence-corrected chi connectivity index (χ1v) is 5.84. The highest BCUT2D eigenvalue weighted by Gasteiger charge is 2.50. The molecule has 3 atom stereocenters. The van der Waals surface area contributed by atoms with Gasteiger partial charge < -0.3 is 4.74 Å². The van der Waals surface area contributed by atoms with Crippen molar-refractivity contribution in [3.63, 3.8) is 0 Å². The van der Waals surface area contributed by atoms with Crippen molar-refractivity contribution in [1.29, 1.82) is 0 Å². The van der Waals surface area contributed by atoms with Crippen LogP contribution in [0.25, 0.3) is 0 Å². The smallest absolute Gasteiger partial charge is 0.133 e. The maximum atomic E-state index is 11.6. The topological polar surface area (TPSA) is 29.6 Å². The molecule has 0 aromatic heterocycles. The number of epoxide rings is 1. The molecule has 2 nitrogen and oxygen atoms in total. The van der Waals surface area contributed by atoms with Gasteiger partial charge in [0.05, 0.1) is 12.2 Å². The molecule has 80 valence electrons. The molecule has 2 fully saturated rings. The van der Waals surface area contributed by atoms with E-state index in [0.717, 1.165) is 19.3 Å². The molecule has 0 aromatic rings. The van der Waals surface area contributed by atoms with Crippen LogP contribution in [0.2, 0.25) is 0 Å². The summed E-state index contributed by atoms with van der Waals surface area (Å²) in [4.78, 5) is 11.6. The molecule has 1 saturated carbocycles. The Morgan fingerprint density at radius 2 is 2.21 bits per heavy atom. The number of rotatable bonds is 5. The zero-order valence-corrected chi connectivity index (χ0v) is 9.16. The molecule has 0 spiro atoms. The molecule has 0 N–H and O–H groups in total. The highest BCUT2D eigenvalue weighted by molar-refractivity contribution is 5.78. The second-order valence-corrected chi connectivity index (χ2v) is 5.15. The highest BCUT2D eigenvalue weighted by atomic mass is 16.6. The first kappa shape index (κ1) is 10.2. The number of ketones is 1. The van der Waals surface area contributed by atoms with Crippen molar-refractivity contribution < 1.29 is 9.53 Å². The summed E-state index contributed by atoms with van der Waals surface area (Å²) >= 11 is 0. The third-order valence-corrected chi connectivity index (χ3v) is 3.40. The van der Waals surface area contributed by atoms with E-state index in [9.17, 15) is 4.79 Å². The largest absolute Gasteiger partial charge is 0.369 e. The standard InChI is InChI=1S/C12H20O2/c1-8(2)3-5-10(13)7-9-4-6-11-12(9)14-11/h8-9,11-12H,3-7H2,1-2H3/t9-,11-,12+/m0/s1. The van der Waals surface area contributed by atoms with Crippen LogP contribution in [-0.4, -0.2) is 18.0 Å². The van der Waals surface area contributed by atoms with Crippen LogP contribution < -0.4 is 0 Å². The van der Waals surface area contributed by atoms with Crippen LogP contribution in [0.3, 0.4) is 0 Å². The van der Waals surface area contributed by atoms with Crippen LogP contribution in [0.15, 0.2) is 0 Å². The number of carbonyl (C=O) groups is 1. The lowest BCUT2D eigenvalue weighted by atomic mass is 9.96. The van der Waals surface area contributed by atoms with Gasteiger partial charge in [0.2, 0.25) is 0 Å². The fourth-order valence-corrected chi connectivity index (χ4v) is 2.41. The maximum Gasteiger partial charge on any atom is 0.133 e. The van der Waals surface area contributed by atoms with Gasteiger partial charge in [-0.1, -0.05) is 13.8 Å². The molecule has 2 aliphatic rings. The third kappa shape index (κ3) is 2.35. The first-order valence-electron chi connectivity index (χ1n) is 5.84. The van der Waals surface area contributed by atoms with Crippen molar-refractivity contribution in [1.82, 2.24) is 0 Å². The van der Waals surface area contributed by atoms with E-state index in [4.69, 9.17) is 4.74 Å². The van der Waals surface area contributed by atoms with Gasteiger partial charge in [-0.05, 0) is 31.1 Å². The lowest BCUT2D eigenvalue weighted by molar-refractivity contribution is -0.120. The van der Waals surface area contributed by atoms with Gasteiger partial charge in [-0.25, -0.2) is 0 Å². The van der Waals surface area contributed by atoms with Crippen molar-refractivity contribution in [2.24, 2.45) is 11.8 Å². The lowest BCUT2D eigenvalue weighted by Gasteiger charge is -2.09. The molecular formula is C12H20O2. The van der Waals surface area contributed by atoms with E-state index in [-0.39, 0.29) is 0 Å². The Morgan fingerprint density at radius 3 is 2.71 bits per heavy atom. The van der Waals surface area contributed by atoms with Crippen molar-refractivity contribution in [2.45, 2.75) is 58.2 Å². The van der Waals surface area contributed by atoms with Gasteiger partial charge in [0.1, 0.15) is 5.78 Å². The summed E-state index contributed by atoms with van der Waals surface area (Å²) in [5.74, 6) is 1.65. The Balaban J connectivity index is 1.67. The van der Waals surface area contributed by atoms with E-state index in [0.29, 0.717) is 29.8 Å². The van der Waals surface area contributed by atoms with Gasteiger partial charge in [0, 0.05) is 12.8 Å². The maximum absolute atomic E-state index is 11.6. The van der Waals surface area contributed by atoms with E-state index >= 15 is 0 Å². The summed E-state index contributed by atoms with van der Waals surface area (Å²) in [7, 11) is 0. The summed E-state index contributed by atoms with van der Waals surface area (Å²) in [6, 6.07) is 0. The number of Topliss-reactive ketones (excluding diaryl/α,β-unsaturated/α-hetero) is 1. The summed E-state index contributed by atoms with van der Waals surface area (Å²) in [6.07, 6.45) is 5.96. The molecule has 0 amide bonds. The molecule has 1 aliphatic heterocycles. The van der Waals surface area contributed by atoms with E-state index in [1.807, 2.05) is 0 Å². The molecular weight excluding hydrogens is 176 g/mol. The predicted octanol–water partition coefficient (Wildman–Crippen LogP) is 2.56. The number of carbonyl (C=O) groups excluding carboxylic acids is 1. The highest BCUT2D eigenvalue weighted by Crippen LogP contribution is 2.44. The molecule has 0 radical (unpaired) electrons. The average molecular weight is 196 g/mol. The van der Waals surface area contributed by atoms with Gasteiger partial charge in [0.25, 0.3) is 0 Å². The van der Waals surface area contributed by atoms with Gasteiger partial charge in [-0.2, -0.15) is 0 Å². The number of hydrogen-bond donors (Lipinski definition) is 0. The van der Waals surface area contributed by atoms with Gasteiger partial charge >= 0.3 is 0 Å². The molecule has 2 rings (SSSR count). The second-order valence-electron chi connectivity index (χ2n) is 5.15. The van der Waals surface area contributed by atoms with E-state index in [1.54, 1.807) is 0 Å². The Labute approximate surface area is 86.0 Å². The van der Waals surface area contributed by atoms with Gasteiger partial charge in [0.15, 0.2) is 0 Å². The van der Waals surface area contributed by atoms with Crippen molar-refractivity contribution in [3.05, 3.63) is 0 Å². The van der Waals surface area contributed by atoms with Gasteiger partial charge in [-0.15, -0.1) is 0 Å². The van der Waals surface area contributed by atoms with Crippen LogP contribution >= 0.6 is 0 Å². The summed E-state index contributed by atoms with van der Waals surface area (Å²) in [5.41, 5.74) is 0. The Bertz CT molecular complexity index is 222. The zero-order valence-electron chi connectivity index (χ0n) is 9.16. The van der Waals surface area contributed by atoms with Crippen LogP contribution in [0, 0.1) is 11.8 Å². The molecule has 14 heavy (non-hydrogen) atoms. The number of ether oxygens (including phenoxy) is 1. The van der Waals surface area contributed by atoms with E-state index < -0.39 is 0 Å². The molecule has 1 heterocycles. The number of hydrogen-bond acceptors (Lipinski definition) is 2. The minimum absolute atomic E-state index is 0.444. The summed E-state index contributed by atoms with van der Waals surface area (Å²) < 4.78 is 5.44. The zero-order chi connectivity index (χ0) is 10.1. The summed E-state index contributed by atoms with van der Waals surface area (Å²) in [6.45, 7) is 4.34. The van der Waals surface area contributed by atoms with Gasteiger partial charge in [-0.3, -0.25) is 4.79 Å². The predicted molar refractivity (Wildman–Crippen MR) is 55.1 cm³/mol. The Hall–Kier alpha value is -0.370. The van der Waals surface area contributed by atoms with Crippen LogP contribution in [0.4, 0.5) is 0 Å². The molecule has 1 saturated heterocycles. The molecule has 1 aliphatic carbocycles. The average Bonchev–Trinajstić information content (AvgIpc) is 2.81. The third-order valence-electron chi connectivity index (χ3n) is 3.40. The minimum atomic E-state index is 0.444. The van der Waals surface area contributed by atoms with Crippen LogP contribution in [0.1, 0.15) is 46.0 Å². The van der Waals surface area contributed by atoms with Crippen molar-refractivity contribution in [3.8, 4) is 0 Å². The SMILES string of the molecule is CC(C)CCC(=O)C[C@@H]1CC[C@@H]2O[C@H]12. The molecule has 0 unspecified atom stereocenters. The summed E-state index contributed by atoms with van der Waals surface area (Å²) in [5, 5.41) is 0. The fraction of sp³-hybridized carbons (Fsp3) is 0.917. The van der Waals surface area contributed by atoms with Crippen LogP contribution in [0.5, 0.6) is 0 Å². The van der Waals surface area contributed by atoms with Crippen LogP contribution in [-0.2, 0) is 9.53 Å². The molecule has 2 heteroatoms. The quantitative estimate of drug-likeness (QED) is 0.632. The van der Waals surface area contributed by atoms with Crippen molar-refractivity contribution in [2.75, 3.05) is 0 Å². The Morgan fingerprint density at radius 1 is 1.43 bits per heavy atom. The van der Waals surface area contributed by atoms with Crippen molar-refractivity contribution >= 4 is 5.78 Å². The van der Waals surface area contributed by atoms with E-state index in [1.165, 1.54) is 12.8 Å². The monoisotopic (exact) mass is 196 g/mol.